The van der Waals surface area contributed by atoms with Crippen molar-refractivity contribution in [2.45, 2.75) is 134 Å². The molecule has 2 bridgehead atoms. The van der Waals surface area contributed by atoms with Crippen LogP contribution in [0.4, 0.5) is 0 Å². The Balaban J connectivity index is 1.95. The normalized spacial score (nSPS) is 38.7. The summed E-state index contributed by atoms with van der Waals surface area (Å²) >= 11 is 0. The van der Waals surface area contributed by atoms with Crippen LogP contribution in [0, 0.1) is 11.3 Å². The molecule has 1 saturated carbocycles. The topological polar surface area (TPSA) is 65.0 Å². The van der Waals surface area contributed by atoms with Crippen molar-refractivity contribution in [1.82, 2.24) is 0 Å². The predicted molar refractivity (Wildman–Crippen MR) is 134 cm³/mol. The molecule has 0 unspecified atom stereocenters. The molecule has 3 fully saturated rings. The number of Topliss-reactive ketones (excluding diaryl/α,β-unsaturated/α-hetero) is 1. The number of aliphatic hydroxyl groups is 1. The van der Waals surface area contributed by atoms with Crippen LogP contribution in [-0.2, 0) is 18.4 Å². The summed E-state index contributed by atoms with van der Waals surface area (Å²) in [4.78, 5) is 13.0. The summed E-state index contributed by atoms with van der Waals surface area (Å²) in [6.07, 6.45) is 3.24. The number of ether oxygens (including phenoxy) is 1. The quantitative estimate of drug-likeness (QED) is 0.483. The number of carbonyl (C=O) groups is 1. The largest absolute Gasteiger partial charge is 0.416 e. The van der Waals surface area contributed by atoms with E-state index in [9.17, 15) is 9.90 Å². The third-order valence-electron chi connectivity index (χ3n) is 10.0. The van der Waals surface area contributed by atoms with Crippen LogP contribution in [0.2, 0.25) is 36.3 Å². The molecule has 186 valence electrons. The lowest BCUT2D eigenvalue weighted by Crippen LogP contribution is -2.67. The van der Waals surface area contributed by atoms with E-state index >= 15 is 0 Å². The molecule has 2 heterocycles. The zero-order valence-corrected chi connectivity index (χ0v) is 24.5. The zero-order valence-electron chi connectivity index (χ0n) is 22.5. The van der Waals surface area contributed by atoms with E-state index in [0.29, 0.717) is 13.0 Å². The maximum atomic E-state index is 13.0. The fourth-order valence-electron chi connectivity index (χ4n) is 5.42. The Bertz CT molecular complexity index is 752. The Labute approximate surface area is 198 Å². The van der Waals surface area contributed by atoms with Crippen LogP contribution in [0.3, 0.4) is 0 Å². The highest BCUT2D eigenvalue weighted by Gasteiger charge is 2.72. The average Bonchev–Trinajstić information content (AvgIpc) is 2.83. The van der Waals surface area contributed by atoms with E-state index in [0.717, 1.165) is 19.3 Å². The molecule has 0 aromatic heterocycles. The highest BCUT2D eigenvalue weighted by molar-refractivity contribution is 6.74. The molecule has 3 aliphatic rings. The van der Waals surface area contributed by atoms with Crippen molar-refractivity contribution in [2.75, 3.05) is 6.61 Å². The van der Waals surface area contributed by atoms with Gasteiger partial charge in [0.2, 0.25) is 5.79 Å². The summed E-state index contributed by atoms with van der Waals surface area (Å²) in [5.41, 5.74) is -1.04. The summed E-state index contributed by atoms with van der Waals surface area (Å²) < 4.78 is 20.1. The van der Waals surface area contributed by atoms with Gasteiger partial charge in [-0.25, -0.2) is 0 Å². The number of carbonyl (C=O) groups excluding carboxylic acids is 1. The van der Waals surface area contributed by atoms with Gasteiger partial charge in [0.05, 0.1) is 11.7 Å². The Morgan fingerprint density at radius 3 is 2.09 bits per heavy atom. The minimum atomic E-state index is -2.01. The van der Waals surface area contributed by atoms with E-state index in [4.69, 9.17) is 13.6 Å². The highest BCUT2D eigenvalue weighted by atomic mass is 28.4. The summed E-state index contributed by atoms with van der Waals surface area (Å²) in [6.45, 7) is 25.5. The summed E-state index contributed by atoms with van der Waals surface area (Å²) in [5, 5.41) is 11.3. The van der Waals surface area contributed by atoms with Crippen LogP contribution < -0.4 is 0 Å². The van der Waals surface area contributed by atoms with Crippen LogP contribution in [-0.4, -0.2) is 51.6 Å². The zero-order chi connectivity index (χ0) is 24.6. The smallest absolute Gasteiger partial charge is 0.227 e. The molecule has 0 radical (unpaired) electrons. The molecule has 5 nitrogen and oxygen atoms in total. The molecular formula is C25H48O5Si2. The van der Waals surface area contributed by atoms with Crippen molar-refractivity contribution in [3.8, 4) is 0 Å². The maximum absolute atomic E-state index is 13.0. The van der Waals surface area contributed by atoms with E-state index in [-0.39, 0.29) is 39.7 Å². The van der Waals surface area contributed by atoms with Gasteiger partial charge in [-0.2, -0.15) is 0 Å². The van der Waals surface area contributed by atoms with E-state index in [1.165, 1.54) is 0 Å². The van der Waals surface area contributed by atoms with Crippen molar-refractivity contribution < 1.29 is 23.5 Å². The van der Waals surface area contributed by atoms with Gasteiger partial charge in [-0.15, -0.1) is 0 Å². The minimum absolute atomic E-state index is 0.0305. The number of ketones is 1. The van der Waals surface area contributed by atoms with Crippen molar-refractivity contribution >= 4 is 22.4 Å². The van der Waals surface area contributed by atoms with Crippen molar-refractivity contribution in [2.24, 2.45) is 11.3 Å². The molecular weight excluding hydrogens is 436 g/mol. The van der Waals surface area contributed by atoms with Crippen molar-refractivity contribution in [3.63, 3.8) is 0 Å². The SMILES string of the molecule is CC(C)(C)[Si](C)(C)OC[C@@H]1CC[C@H](O[Si](C)(C)C(C)(C)C)[C@]2(C)CC[C@]3(O)O[C@]12CC3=O. The fraction of sp³-hybridized carbons (Fsp3) is 0.960. The van der Waals surface area contributed by atoms with Crippen LogP contribution >= 0.6 is 0 Å². The third-order valence-corrected chi connectivity index (χ3v) is 19.0. The first-order valence-electron chi connectivity index (χ1n) is 12.5. The molecule has 0 amide bonds. The Morgan fingerprint density at radius 1 is 1.00 bits per heavy atom. The van der Waals surface area contributed by atoms with Gasteiger partial charge in [-0.3, -0.25) is 4.79 Å². The Kier molecular flexibility index (Phi) is 6.41. The van der Waals surface area contributed by atoms with Crippen molar-refractivity contribution in [3.05, 3.63) is 0 Å². The van der Waals surface area contributed by atoms with E-state index in [1.54, 1.807) is 0 Å². The molecule has 32 heavy (non-hydrogen) atoms. The monoisotopic (exact) mass is 484 g/mol. The van der Waals surface area contributed by atoms with E-state index in [2.05, 4.69) is 74.7 Å². The first-order valence-corrected chi connectivity index (χ1v) is 18.3. The first kappa shape index (κ1) is 26.5. The van der Waals surface area contributed by atoms with Crippen LogP contribution in [0.25, 0.3) is 0 Å². The Hall–Kier alpha value is -0.0562. The second-order valence-corrected chi connectivity index (χ2v) is 23.6. The summed E-state index contributed by atoms with van der Waals surface area (Å²) in [6, 6.07) is 0. The molecule has 2 aliphatic heterocycles. The maximum Gasteiger partial charge on any atom is 0.227 e. The lowest BCUT2D eigenvalue weighted by atomic mass is 9.55. The summed E-state index contributed by atoms with van der Waals surface area (Å²) in [7, 11) is -3.95. The molecule has 1 N–H and O–H groups in total. The van der Waals surface area contributed by atoms with Gasteiger partial charge in [-0.1, -0.05) is 48.5 Å². The second-order valence-electron chi connectivity index (χ2n) is 14.0. The van der Waals surface area contributed by atoms with Gasteiger partial charge >= 0.3 is 0 Å². The van der Waals surface area contributed by atoms with Gasteiger partial charge in [0.25, 0.3) is 0 Å². The van der Waals surface area contributed by atoms with Gasteiger partial charge in [0.15, 0.2) is 22.4 Å². The van der Waals surface area contributed by atoms with E-state index < -0.39 is 28.0 Å². The number of fused-ring (bicyclic) bond motifs is 1. The lowest BCUT2D eigenvalue weighted by molar-refractivity contribution is -0.320. The molecule has 1 aliphatic carbocycles. The first-order chi connectivity index (χ1) is 14.2. The van der Waals surface area contributed by atoms with E-state index in [1.807, 2.05) is 0 Å². The van der Waals surface area contributed by atoms with Crippen LogP contribution in [0.5, 0.6) is 0 Å². The third kappa shape index (κ3) is 4.03. The fourth-order valence-corrected chi connectivity index (χ4v) is 7.91. The number of hydrogen-bond donors (Lipinski definition) is 1. The van der Waals surface area contributed by atoms with Crippen LogP contribution in [0.1, 0.15) is 80.6 Å². The van der Waals surface area contributed by atoms with Gasteiger partial charge < -0.3 is 18.7 Å². The highest BCUT2D eigenvalue weighted by Crippen LogP contribution is 2.64. The van der Waals surface area contributed by atoms with Gasteiger partial charge in [0, 0.05) is 30.8 Å². The molecule has 7 heteroatoms. The predicted octanol–water partition coefficient (Wildman–Crippen LogP) is 6.03. The number of rotatable bonds is 5. The Morgan fingerprint density at radius 2 is 1.56 bits per heavy atom. The number of hydrogen-bond acceptors (Lipinski definition) is 5. The lowest BCUT2D eigenvalue weighted by Gasteiger charge is -2.61. The molecule has 2 saturated heterocycles. The molecule has 0 aromatic rings. The van der Waals surface area contributed by atoms with Crippen molar-refractivity contribution in [1.29, 1.82) is 0 Å². The minimum Gasteiger partial charge on any atom is -0.416 e. The van der Waals surface area contributed by atoms with Gasteiger partial charge in [-0.05, 0) is 55.5 Å². The standard InChI is InChI=1S/C25H48O5Si2/c1-21(2,3)31(8,9)28-17-18-12-13-20(29-32(10,11)22(4,5)6)23(7)14-15-25(27)19(26)16-24(18,23)30-25/h18,20,27H,12-17H2,1-11H3/t18-,20-,23-,24+,25-/m0/s1. The summed E-state index contributed by atoms with van der Waals surface area (Å²) in [5.74, 6) is -1.71. The van der Waals surface area contributed by atoms with Gasteiger partial charge in [0.1, 0.15) is 0 Å². The van der Waals surface area contributed by atoms with Crippen LogP contribution in [0.15, 0.2) is 0 Å². The molecule has 3 rings (SSSR count). The molecule has 5 atom stereocenters. The average molecular weight is 485 g/mol. The second kappa shape index (κ2) is 7.72. The molecule has 1 spiro atoms. The molecule has 0 aromatic carbocycles.